The van der Waals surface area contributed by atoms with Crippen molar-refractivity contribution >= 4 is 29.1 Å². The molecule has 2 aromatic rings. The molecule has 0 unspecified atom stereocenters. The highest BCUT2D eigenvalue weighted by atomic mass is 35.5. The first-order valence-corrected chi connectivity index (χ1v) is 11.3. The highest BCUT2D eigenvalue weighted by molar-refractivity contribution is 6.36. The lowest BCUT2D eigenvalue weighted by Gasteiger charge is -2.42. The molecule has 0 radical (unpaired) electrons. The van der Waals surface area contributed by atoms with Gasteiger partial charge in [-0.25, -0.2) is 8.78 Å². The minimum Gasteiger partial charge on any atom is -0.394 e. The molecule has 3 rings (SSSR count). The Balaban J connectivity index is 1.88. The fraction of sp³-hybridized carbons (Fsp3) is 0.458. The van der Waals surface area contributed by atoms with Gasteiger partial charge in [-0.3, -0.25) is 4.79 Å². The average molecular weight is 486 g/mol. The van der Waals surface area contributed by atoms with Crippen LogP contribution in [-0.4, -0.2) is 45.7 Å². The lowest BCUT2D eigenvalue weighted by atomic mass is 9.83. The van der Waals surface area contributed by atoms with E-state index in [0.717, 1.165) is 23.6 Å². The van der Waals surface area contributed by atoms with E-state index in [1.165, 1.54) is 0 Å². The standard InChI is InChI=1S/C24H27Cl2F2NO3/c1-14-17-6-3-5-15(9-10-24(2,32)23(27)28)18(17)11-16(13-30)29(14)22(31)12-19-20(25)7-4-8-21(19)26/h3-8,14,16,23,30,32H,9-13H2,1-2H3/t14-,16+,24-/m0/s1. The summed E-state index contributed by atoms with van der Waals surface area (Å²) < 4.78 is 26.1. The molecule has 0 aromatic heterocycles. The summed E-state index contributed by atoms with van der Waals surface area (Å²) >= 11 is 12.5. The second-order valence-corrected chi connectivity index (χ2v) is 9.35. The molecule has 3 atom stereocenters. The first kappa shape index (κ1) is 24.9. The number of benzene rings is 2. The lowest BCUT2D eigenvalue weighted by molar-refractivity contribution is -0.137. The summed E-state index contributed by atoms with van der Waals surface area (Å²) in [6.07, 6.45) is -2.26. The molecule has 1 heterocycles. The molecule has 0 spiro atoms. The Morgan fingerprint density at radius 3 is 2.44 bits per heavy atom. The van der Waals surface area contributed by atoms with E-state index in [4.69, 9.17) is 23.2 Å². The zero-order valence-corrected chi connectivity index (χ0v) is 19.5. The van der Waals surface area contributed by atoms with Crippen molar-refractivity contribution in [3.63, 3.8) is 0 Å². The van der Waals surface area contributed by atoms with Crippen LogP contribution in [0.1, 0.15) is 48.6 Å². The minimum atomic E-state index is -2.84. The van der Waals surface area contributed by atoms with Crippen LogP contribution < -0.4 is 0 Å². The van der Waals surface area contributed by atoms with Gasteiger partial charge in [0.2, 0.25) is 5.91 Å². The fourth-order valence-electron chi connectivity index (χ4n) is 4.34. The molecular formula is C24H27Cl2F2NO3. The van der Waals surface area contributed by atoms with Gasteiger partial charge in [0.15, 0.2) is 0 Å². The van der Waals surface area contributed by atoms with Crippen LogP contribution >= 0.6 is 23.2 Å². The number of hydrogen-bond donors (Lipinski definition) is 2. The number of aryl methyl sites for hydroxylation is 1. The SMILES string of the molecule is C[C@H]1c2cccc(CC[C@](C)(O)C(F)F)c2C[C@H](CO)N1C(=O)Cc1c(Cl)cccc1Cl. The van der Waals surface area contributed by atoms with Gasteiger partial charge in [-0.2, -0.15) is 0 Å². The number of amides is 1. The molecule has 1 aliphatic heterocycles. The summed E-state index contributed by atoms with van der Waals surface area (Å²) in [5, 5.41) is 20.8. The Hall–Kier alpha value is -1.73. The number of nitrogens with zero attached hydrogens (tertiary/aromatic N) is 1. The van der Waals surface area contributed by atoms with Crippen molar-refractivity contribution in [3.05, 3.63) is 68.7 Å². The Morgan fingerprint density at radius 2 is 1.84 bits per heavy atom. The monoisotopic (exact) mass is 485 g/mol. The van der Waals surface area contributed by atoms with E-state index in [-0.39, 0.29) is 37.8 Å². The van der Waals surface area contributed by atoms with E-state index >= 15 is 0 Å². The van der Waals surface area contributed by atoms with E-state index < -0.39 is 18.1 Å². The maximum Gasteiger partial charge on any atom is 0.266 e. The molecule has 1 amide bonds. The Kier molecular flexibility index (Phi) is 7.81. The third-order valence-electron chi connectivity index (χ3n) is 6.27. The van der Waals surface area contributed by atoms with E-state index in [2.05, 4.69) is 0 Å². The van der Waals surface area contributed by atoms with Crippen molar-refractivity contribution in [3.8, 4) is 0 Å². The largest absolute Gasteiger partial charge is 0.394 e. The maximum absolute atomic E-state index is 13.3. The number of hydrogen-bond acceptors (Lipinski definition) is 3. The van der Waals surface area contributed by atoms with Gasteiger partial charge in [0, 0.05) is 10.0 Å². The van der Waals surface area contributed by atoms with Gasteiger partial charge in [-0.05, 0) is 67.5 Å². The van der Waals surface area contributed by atoms with Crippen molar-refractivity contribution in [2.45, 2.75) is 63.6 Å². The second kappa shape index (κ2) is 10.0. The van der Waals surface area contributed by atoms with Gasteiger partial charge in [-0.1, -0.05) is 47.5 Å². The summed E-state index contributed by atoms with van der Waals surface area (Å²) in [6.45, 7) is 2.77. The molecule has 2 aromatic carbocycles. The Labute approximate surface area is 196 Å². The smallest absolute Gasteiger partial charge is 0.266 e. The van der Waals surface area contributed by atoms with Crippen molar-refractivity contribution in [1.82, 2.24) is 4.90 Å². The molecule has 0 saturated heterocycles. The number of rotatable bonds is 7. The molecule has 0 saturated carbocycles. The normalized spacial score (nSPS) is 20.2. The molecule has 1 aliphatic rings. The summed E-state index contributed by atoms with van der Waals surface area (Å²) in [5.41, 5.74) is 1.15. The molecule has 8 heteroatoms. The van der Waals surface area contributed by atoms with Crippen molar-refractivity contribution < 1.29 is 23.8 Å². The predicted octanol–water partition coefficient (Wildman–Crippen LogP) is 4.99. The number of fused-ring (bicyclic) bond motifs is 1. The van der Waals surface area contributed by atoms with E-state index in [0.29, 0.717) is 22.0 Å². The first-order valence-electron chi connectivity index (χ1n) is 10.5. The van der Waals surface area contributed by atoms with Gasteiger partial charge in [0.25, 0.3) is 6.43 Å². The van der Waals surface area contributed by atoms with E-state index in [1.807, 2.05) is 25.1 Å². The molecule has 0 fully saturated rings. The van der Waals surface area contributed by atoms with Gasteiger partial charge < -0.3 is 15.1 Å². The van der Waals surface area contributed by atoms with Gasteiger partial charge >= 0.3 is 0 Å². The molecule has 174 valence electrons. The molecule has 32 heavy (non-hydrogen) atoms. The average Bonchev–Trinajstić information content (AvgIpc) is 2.74. The summed E-state index contributed by atoms with van der Waals surface area (Å²) in [4.78, 5) is 14.9. The van der Waals surface area contributed by atoms with Gasteiger partial charge in [0.05, 0.1) is 25.1 Å². The van der Waals surface area contributed by atoms with Crippen LogP contribution in [0, 0.1) is 0 Å². The van der Waals surface area contributed by atoms with E-state index in [1.54, 1.807) is 23.1 Å². The number of aliphatic hydroxyl groups excluding tert-OH is 1. The van der Waals surface area contributed by atoms with Crippen LogP contribution in [0.5, 0.6) is 0 Å². The molecular weight excluding hydrogens is 459 g/mol. The summed E-state index contributed by atoms with van der Waals surface area (Å²) in [5.74, 6) is -0.205. The number of aliphatic hydroxyl groups is 2. The highest BCUT2D eigenvalue weighted by Crippen LogP contribution is 2.37. The van der Waals surface area contributed by atoms with Crippen molar-refractivity contribution in [2.75, 3.05) is 6.61 Å². The van der Waals surface area contributed by atoms with E-state index in [9.17, 15) is 23.8 Å². The van der Waals surface area contributed by atoms with Crippen LogP contribution in [0.2, 0.25) is 10.0 Å². The van der Waals surface area contributed by atoms with Crippen LogP contribution in [0.25, 0.3) is 0 Å². The molecule has 2 N–H and O–H groups in total. The Bertz CT molecular complexity index is 963. The summed E-state index contributed by atoms with van der Waals surface area (Å²) in [7, 11) is 0. The summed E-state index contributed by atoms with van der Waals surface area (Å²) in [6, 6.07) is 9.84. The van der Waals surface area contributed by atoms with Crippen LogP contribution in [0.15, 0.2) is 36.4 Å². The number of carbonyl (C=O) groups excluding carboxylic acids is 1. The predicted molar refractivity (Wildman–Crippen MR) is 121 cm³/mol. The van der Waals surface area contributed by atoms with Crippen molar-refractivity contribution in [2.24, 2.45) is 0 Å². The highest BCUT2D eigenvalue weighted by Gasteiger charge is 2.37. The third-order valence-corrected chi connectivity index (χ3v) is 6.98. The Morgan fingerprint density at radius 1 is 1.22 bits per heavy atom. The molecule has 0 bridgehead atoms. The molecule has 4 nitrogen and oxygen atoms in total. The zero-order valence-electron chi connectivity index (χ0n) is 18.0. The van der Waals surface area contributed by atoms with Crippen LogP contribution in [-0.2, 0) is 24.1 Å². The second-order valence-electron chi connectivity index (χ2n) is 8.54. The lowest BCUT2D eigenvalue weighted by Crippen LogP contribution is -2.49. The fourth-order valence-corrected chi connectivity index (χ4v) is 4.87. The zero-order chi connectivity index (χ0) is 23.6. The number of halogens is 4. The first-order chi connectivity index (χ1) is 15.1. The number of alkyl halides is 2. The van der Waals surface area contributed by atoms with Crippen LogP contribution in [0.4, 0.5) is 8.78 Å². The third kappa shape index (κ3) is 5.09. The van der Waals surface area contributed by atoms with Gasteiger partial charge in [-0.15, -0.1) is 0 Å². The minimum absolute atomic E-state index is 0.00558. The maximum atomic E-state index is 13.3. The van der Waals surface area contributed by atoms with Gasteiger partial charge in [0.1, 0.15) is 5.60 Å². The molecule has 0 aliphatic carbocycles. The van der Waals surface area contributed by atoms with Crippen molar-refractivity contribution in [1.29, 1.82) is 0 Å². The van der Waals surface area contributed by atoms with Crippen LogP contribution in [0.3, 0.4) is 0 Å². The quantitative estimate of drug-likeness (QED) is 0.580. The number of carbonyl (C=O) groups is 1. The topological polar surface area (TPSA) is 60.8 Å².